The molecule has 0 amide bonds. The van der Waals surface area contributed by atoms with Crippen LogP contribution in [0.4, 0.5) is 0 Å². The molecular weight excluding hydrogens is 226 g/mol. The van der Waals surface area contributed by atoms with Gasteiger partial charge in [0.1, 0.15) is 0 Å². The Morgan fingerprint density at radius 1 is 1.28 bits per heavy atom. The van der Waals surface area contributed by atoms with Gasteiger partial charge in [0.15, 0.2) is 0 Å². The van der Waals surface area contributed by atoms with E-state index < -0.39 is 0 Å². The molecule has 1 aliphatic heterocycles. The summed E-state index contributed by atoms with van der Waals surface area (Å²) in [5.74, 6) is 1.23. The van der Waals surface area contributed by atoms with Crippen LogP contribution in [-0.4, -0.2) is 14.8 Å². The van der Waals surface area contributed by atoms with Crippen molar-refractivity contribution in [1.29, 1.82) is 0 Å². The molecule has 3 aromatic rings. The van der Waals surface area contributed by atoms with Crippen LogP contribution in [0.5, 0.6) is 0 Å². The van der Waals surface area contributed by atoms with Crippen LogP contribution in [0.15, 0.2) is 28.8 Å². The molecule has 4 heteroatoms. The summed E-state index contributed by atoms with van der Waals surface area (Å²) < 4.78 is 7.87. The van der Waals surface area contributed by atoms with Crippen LogP contribution in [0.3, 0.4) is 0 Å². The summed E-state index contributed by atoms with van der Waals surface area (Å²) in [4.78, 5) is 0. The molecule has 0 saturated carbocycles. The predicted molar refractivity (Wildman–Crippen MR) is 68.3 cm³/mol. The van der Waals surface area contributed by atoms with Crippen LogP contribution in [0.25, 0.3) is 22.4 Å². The van der Waals surface area contributed by atoms with Crippen LogP contribution in [-0.2, 0) is 13.0 Å². The van der Waals surface area contributed by atoms with Gasteiger partial charge in [0, 0.05) is 25.1 Å². The predicted octanol–water partition coefficient (Wildman–Crippen LogP) is 2.95. The first-order valence-electron chi connectivity index (χ1n) is 6.24. The molecule has 0 spiro atoms. The van der Waals surface area contributed by atoms with E-state index in [1.165, 1.54) is 22.9 Å². The van der Waals surface area contributed by atoms with Gasteiger partial charge >= 0.3 is 0 Å². The second-order valence-electron chi connectivity index (χ2n) is 4.78. The molecule has 4 rings (SSSR count). The van der Waals surface area contributed by atoms with Gasteiger partial charge in [0.25, 0.3) is 0 Å². The molecule has 1 aliphatic rings. The molecule has 90 valence electrons. The second-order valence-corrected chi connectivity index (χ2v) is 4.78. The van der Waals surface area contributed by atoms with Crippen molar-refractivity contribution in [2.24, 2.45) is 0 Å². The van der Waals surface area contributed by atoms with Crippen LogP contribution in [0.1, 0.15) is 17.9 Å². The Morgan fingerprint density at radius 3 is 3.06 bits per heavy atom. The normalized spacial score (nSPS) is 14.3. The highest BCUT2D eigenvalue weighted by Crippen LogP contribution is 2.34. The highest BCUT2D eigenvalue weighted by Gasteiger charge is 2.19. The van der Waals surface area contributed by atoms with Crippen LogP contribution < -0.4 is 0 Å². The molecule has 0 saturated heterocycles. The van der Waals surface area contributed by atoms with Gasteiger partial charge in [-0.2, -0.15) is 0 Å². The summed E-state index contributed by atoms with van der Waals surface area (Å²) >= 11 is 0. The van der Waals surface area contributed by atoms with E-state index in [9.17, 15) is 0 Å². The number of para-hydroxylation sites is 1. The Hall–Kier alpha value is -2.10. The quantitative estimate of drug-likeness (QED) is 0.655. The minimum Gasteiger partial charge on any atom is -0.421 e. The van der Waals surface area contributed by atoms with Crippen molar-refractivity contribution in [1.82, 2.24) is 14.8 Å². The Labute approximate surface area is 104 Å². The van der Waals surface area contributed by atoms with Gasteiger partial charge in [-0.3, -0.25) is 0 Å². The fraction of sp³-hybridized carbons (Fsp3) is 0.286. The summed E-state index contributed by atoms with van der Waals surface area (Å²) in [5, 5.41) is 9.27. The van der Waals surface area contributed by atoms with E-state index in [2.05, 4.69) is 39.2 Å². The maximum Gasteiger partial charge on any atom is 0.249 e. The van der Waals surface area contributed by atoms with E-state index in [-0.39, 0.29) is 0 Å². The van der Waals surface area contributed by atoms with Crippen molar-refractivity contribution in [2.75, 3.05) is 0 Å². The van der Waals surface area contributed by atoms with Crippen molar-refractivity contribution in [3.63, 3.8) is 0 Å². The van der Waals surface area contributed by atoms with Crippen LogP contribution in [0.2, 0.25) is 0 Å². The fourth-order valence-electron chi connectivity index (χ4n) is 2.83. The third-order valence-electron chi connectivity index (χ3n) is 3.58. The standard InChI is InChI=1S/C14H13N3O/c1-9-15-16-14(18-9)12-8-17-7-3-5-10-4-2-6-11(12)13(10)17/h2,4,6,8H,3,5,7H2,1H3. The minimum absolute atomic E-state index is 0.608. The minimum atomic E-state index is 0.608. The van der Waals surface area contributed by atoms with E-state index in [1.807, 2.05) is 6.92 Å². The van der Waals surface area contributed by atoms with Crippen molar-refractivity contribution in [3.05, 3.63) is 35.9 Å². The number of hydrogen-bond donors (Lipinski definition) is 0. The van der Waals surface area contributed by atoms with Gasteiger partial charge in [-0.25, -0.2) is 0 Å². The zero-order valence-corrected chi connectivity index (χ0v) is 10.2. The molecule has 0 radical (unpaired) electrons. The third kappa shape index (κ3) is 1.26. The maximum absolute atomic E-state index is 5.56. The molecule has 4 nitrogen and oxygen atoms in total. The fourth-order valence-corrected chi connectivity index (χ4v) is 2.83. The third-order valence-corrected chi connectivity index (χ3v) is 3.58. The molecule has 1 aromatic carbocycles. The van der Waals surface area contributed by atoms with Crippen molar-refractivity contribution in [3.8, 4) is 11.5 Å². The van der Waals surface area contributed by atoms with E-state index >= 15 is 0 Å². The number of aryl methyl sites for hydroxylation is 3. The Balaban J connectivity index is 2.06. The van der Waals surface area contributed by atoms with Crippen LogP contribution >= 0.6 is 0 Å². The zero-order valence-electron chi connectivity index (χ0n) is 10.2. The molecule has 0 atom stereocenters. The molecular formula is C14H13N3O. The highest BCUT2D eigenvalue weighted by molar-refractivity contribution is 5.96. The molecule has 3 heterocycles. The zero-order chi connectivity index (χ0) is 12.1. The van der Waals surface area contributed by atoms with Gasteiger partial charge in [-0.15, -0.1) is 10.2 Å². The maximum atomic E-state index is 5.56. The molecule has 2 aromatic heterocycles. The van der Waals surface area contributed by atoms with Crippen LogP contribution in [0, 0.1) is 6.92 Å². The molecule has 0 bridgehead atoms. The van der Waals surface area contributed by atoms with Gasteiger partial charge < -0.3 is 8.98 Å². The van der Waals surface area contributed by atoms with Gasteiger partial charge in [0.2, 0.25) is 11.8 Å². The van der Waals surface area contributed by atoms with Crippen molar-refractivity contribution in [2.45, 2.75) is 26.3 Å². The van der Waals surface area contributed by atoms with Gasteiger partial charge in [-0.05, 0) is 18.4 Å². The molecule has 0 aliphatic carbocycles. The average molecular weight is 239 g/mol. The molecule has 0 unspecified atom stereocenters. The first kappa shape index (κ1) is 9.88. The Morgan fingerprint density at radius 2 is 2.22 bits per heavy atom. The largest absolute Gasteiger partial charge is 0.421 e. The summed E-state index contributed by atoms with van der Waals surface area (Å²) in [6.07, 6.45) is 4.49. The number of rotatable bonds is 1. The number of aromatic nitrogens is 3. The van der Waals surface area contributed by atoms with Gasteiger partial charge in [0.05, 0.1) is 11.1 Å². The summed E-state index contributed by atoms with van der Waals surface area (Å²) in [6, 6.07) is 6.45. The lowest BCUT2D eigenvalue weighted by atomic mass is 10.0. The van der Waals surface area contributed by atoms with Gasteiger partial charge in [-0.1, -0.05) is 18.2 Å². The van der Waals surface area contributed by atoms with E-state index in [4.69, 9.17) is 4.42 Å². The smallest absolute Gasteiger partial charge is 0.249 e. The molecule has 0 fully saturated rings. The number of nitrogens with zero attached hydrogens (tertiary/aromatic N) is 3. The lowest BCUT2D eigenvalue weighted by Gasteiger charge is -2.14. The SMILES string of the molecule is Cc1nnc(-c2cn3c4c(cccc24)CCC3)o1. The lowest BCUT2D eigenvalue weighted by Crippen LogP contribution is -2.05. The Kier molecular flexibility index (Phi) is 1.89. The lowest BCUT2D eigenvalue weighted by molar-refractivity contribution is 0.533. The Bertz CT molecular complexity index is 739. The average Bonchev–Trinajstić information content (AvgIpc) is 2.96. The molecule has 0 N–H and O–H groups in total. The van der Waals surface area contributed by atoms with E-state index in [0.717, 1.165) is 18.5 Å². The summed E-state index contributed by atoms with van der Waals surface area (Å²) in [6.45, 7) is 2.89. The first-order valence-corrected chi connectivity index (χ1v) is 6.24. The number of hydrogen-bond acceptors (Lipinski definition) is 3. The molecule has 18 heavy (non-hydrogen) atoms. The van der Waals surface area contributed by atoms with E-state index in [1.54, 1.807) is 0 Å². The van der Waals surface area contributed by atoms with Crippen molar-refractivity contribution < 1.29 is 4.42 Å². The summed E-state index contributed by atoms with van der Waals surface area (Å²) in [5.41, 5.74) is 3.80. The van der Waals surface area contributed by atoms with E-state index in [0.29, 0.717) is 11.8 Å². The van der Waals surface area contributed by atoms with Crippen molar-refractivity contribution >= 4 is 10.9 Å². The topological polar surface area (TPSA) is 43.9 Å². The first-order chi connectivity index (χ1) is 8.83. The monoisotopic (exact) mass is 239 g/mol. The summed E-state index contributed by atoms with van der Waals surface area (Å²) in [7, 11) is 0. The highest BCUT2D eigenvalue weighted by atomic mass is 16.4. The number of benzene rings is 1. The second kappa shape index (κ2) is 3.45.